The second kappa shape index (κ2) is 8.20. The molecule has 0 atom stereocenters. The highest BCUT2D eigenvalue weighted by Crippen LogP contribution is 2.38. The van der Waals surface area contributed by atoms with Gasteiger partial charge in [-0.3, -0.25) is 0 Å². The summed E-state index contributed by atoms with van der Waals surface area (Å²) in [5, 5.41) is 2.90. The number of nitrogens with one attached hydrogen (secondary N) is 2. The van der Waals surface area contributed by atoms with E-state index in [-0.39, 0.29) is 6.04 Å². The topological polar surface area (TPSA) is 101 Å². The van der Waals surface area contributed by atoms with Gasteiger partial charge in [-0.15, -0.1) is 0 Å². The van der Waals surface area contributed by atoms with Gasteiger partial charge in [0.25, 0.3) is 0 Å². The molecule has 2 amide bonds. The van der Waals surface area contributed by atoms with Crippen molar-refractivity contribution >= 4 is 27.6 Å². The number of carbonyl (C=O) groups excluding carboxylic acids is 1. The Kier molecular flexibility index (Phi) is 5.39. The normalized spacial score (nSPS) is 18.5. The summed E-state index contributed by atoms with van der Waals surface area (Å²) in [5.41, 5.74) is 6.08. The highest BCUT2D eigenvalue weighted by atomic mass is 32.2. The van der Waals surface area contributed by atoms with Crippen LogP contribution >= 0.6 is 0 Å². The van der Waals surface area contributed by atoms with E-state index in [0.717, 1.165) is 55.3 Å². The van der Waals surface area contributed by atoms with Gasteiger partial charge in [0.2, 0.25) is 0 Å². The van der Waals surface area contributed by atoms with Crippen molar-refractivity contribution in [3.8, 4) is 0 Å². The smallest absolute Gasteiger partial charge is 0.334 e. The maximum atomic E-state index is 13.3. The van der Waals surface area contributed by atoms with Crippen LogP contribution in [0.15, 0.2) is 29.1 Å². The summed E-state index contributed by atoms with van der Waals surface area (Å²) in [6.07, 6.45) is 9.86. The number of rotatable bonds is 5. The summed E-state index contributed by atoms with van der Waals surface area (Å²) in [7, 11) is -4.14. The van der Waals surface area contributed by atoms with Crippen molar-refractivity contribution in [2.24, 2.45) is 0 Å². The second-order valence-electron chi connectivity index (χ2n) is 8.42. The maximum Gasteiger partial charge on any atom is 0.334 e. The van der Waals surface area contributed by atoms with E-state index in [1.807, 2.05) is 0 Å². The van der Waals surface area contributed by atoms with Crippen molar-refractivity contribution < 1.29 is 22.4 Å². The molecule has 2 aromatic rings. The lowest BCUT2D eigenvalue weighted by atomic mass is 9.99. The molecule has 1 aromatic heterocycles. The Bertz CT molecular complexity index is 1040. The van der Waals surface area contributed by atoms with Crippen molar-refractivity contribution in [2.45, 2.75) is 57.4 Å². The number of urea groups is 1. The van der Waals surface area contributed by atoms with E-state index < -0.39 is 16.2 Å². The van der Waals surface area contributed by atoms with Crippen LogP contribution in [0.25, 0.3) is 0 Å². The molecule has 1 aromatic carbocycles. The lowest BCUT2D eigenvalue weighted by molar-refractivity contribution is 0.0875. The highest BCUT2D eigenvalue weighted by Gasteiger charge is 2.34. The quantitative estimate of drug-likeness (QED) is 0.735. The predicted molar refractivity (Wildman–Crippen MR) is 117 cm³/mol. The number of aryl methyl sites for hydroxylation is 2. The maximum absolute atomic E-state index is 13.3. The van der Waals surface area contributed by atoms with Crippen LogP contribution in [0.4, 0.5) is 16.2 Å². The highest BCUT2D eigenvalue weighted by molar-refractivity contribution is 7.91. The van der Waals surface area contributed by atoms with Gasteiger partial charge in [-0.2, -0.15) is 8.42 Å². The van der Waals surface area contributed by atoms with E-state index in [0.29, 0.717) is 31.7 Å². The number of benzene rings is 1. The summed E-state index contributed by atoms with van der Waals surface area (Å²) in [4.78, 5) is 12.9. The van der Waals surface area contributed by atoms with Gasteiger partial charge in [0.05, 0.1) is 18.0 Å². The molecule has 1 aliphatic heterocycles. The van der Waals surface area contributed by atoms with Crippen LogP contribution in [0, 0.1) is 0 Å². The van der Waals surface area contributed by atoms with Crippen LogP contribution in [0.1, 0.15) is 47.9 Å². The van der Waals surface area contributed by atoms with Gasteiger partial charge >= 0.3 is 16.2 Å². The summed E-state index contributed by atoms with van der Waals surface area (Å²) in [6, 6.07) is 2.83. The zero-order valence-corrected chi connectivity index (χ0v) is 18.2. The van der Waals surface area contributed by atoms with E-state index in [4.69, 9.17) is 9.15 Å². The number of anilines is 2. The molecular formula is C22H27N3O5S. The Morgan fingerprint density at radius 2 is 1.71 bits per heavy atom. The van der Waals surface area contributed by atoms with Gasteiger partial charge in [0.1, 0.15) is 6.26 Å². The molecule has 0 saturated carbocycles. The van der Waals surface area contributed by atoms with Gasteiger partial charge in [-0.25, -0.2) is 13.8 Å². The predicted octanol–water partition coefficient (Wildman–Crippen LogP) is 3.31. The van der Waals surface area contributed by atoms with E-state index in [2.05, 4.69) is 16.1 Å². The molecule has 2 heterocycles. The molecule has 1 fully saturated rings. The SMILES string of the molecule is O=C(Nc1c2c(cc3c1CCC3)CCC2)NS(=O)(=O)N(c1ccoc1)C1CCOCC1. The summed E-state index contributed by atoms with van der Waals surface area (Å²) < 4.78 is 40.5. The molecule has 31 heavy (non-hydrogen) atoms. The van der Waals surface area contributed by atoms with Crippen LogP contribution in [0.5, 0.6) is 0 Å². The summed E-state index contributed by atoms with van der Waals surface area (Å²) >= 11 is 0. The molecule has 3 aliphatic rings. The lowest BCUT2D eigenvalue weighted by Gasteiger charge is -2.33. The minimum absolute atomic E-state index is 0.304. The summed E-state index contributed by atoms with van der Waals surface area (Å²) in [5.74, 6) is 0. The number of amides is 2. The third-order valence-corrected chi connectivity index (χ3v) is 7.95. The van der Waals surface area contributed by atoms with Crippen LogP contribution < -0.4 is 14.3 Å². The van der Waals surface area contributed by atoms with E-state index in [9.17, 15) is 13.2 Å². The van der Waals surface area contributed by atoms with Gasteiger partial charge < -0.3 is 14.5 Å². The molecule has 0 spiro atoms. The van der Waals surface area contributed by atoms with E-state index in [1.165, 1.54) is 28.0 Å². The zero-order chi connectivity index (χ0) is 21.4. The van der Waals surface area contributed by atoms with Crippen LogP contribution in [0.2, 0.25) is 0 Å². The lowest BCUT2D eigenvalue weighted by Crippen LogP contribution is -2.51. The fourth-order valence-electron chi connectivity index (χ4n) is 5.12. The Morgan fingerprint density at radius 1 is 1.03 bits per heavy atom. The van der Waals surface area contributed by atoms with Gasteiger partial charge in [0.15, 0.2) is 0 Å². The first kappa shape index (κ1) is 20.4. The number of furan rings is 1. The second-order valence-corrected chi connectivity index (χ2v) is 9.96. The molecule has 8 nitrogen and oxygen atoms in total. The molecule has 0 unspecified atom stereocenters. The monoisotopic (exact) mass is 445 g/mol. The van der Waals surface area contributed by atoms with E-state index in [1.54, 1.807) is 6.07 Å². The Labute approximate surface area is 182 Å². The number of nitrogens with zero attached hydrogens (tertiary/aromatic N) is 1. The third kappa shape index (κ3) is 3.92. The molecule has 5 rings (SSSR count). The Balaban J connectivity index is 1.40. The van der Waals surface area contributed by atoms with Crippen LogP contribution in [0.3, 0.4) is 0 Å². The first-order valence-corrected chi connectivity index (χ1v) is 12.4. The fourth-order valence-corrected chi connectivity index (χ4v) is 6.49. The van der Waals surface area contributed by atoms with Crippen molar-refractivity contribution in [1.82, 2.24) is 4.72 Å². The molecule has 0 bridgehead atoms. The summed E-state index contributed by atoms with van der Waals surface area (Å²) in [6.45, 7) is 0.950. The number of hydrogen-bond acceptors (Lipinski definition) is 5. The standard InChI is InChI=1S/C22H27N3O5S/c26-22(23-21-19-5-1-3-15(19)13-16-4-2-6-20(16)21)24-31(27,28)25(18-9-12-30-14-18)17-7-10-29-11-8-17/h9,12-14,17H,1-8,10-11H2,(H2,23,24,26). The minimum Gasteiger partial charge on any atom is -0.470 e. The molecule has 2 N–H and O–H groups in total. The van der Waals surface area contributed by atoms with E-state index >= 15 is 0 Å². The number of carbonyl (C=O) groups is 1. The largest absolute Gasteiger partial charge is 0.470 e. The minimum atomic E-state index is -4.14. The van der Waals surface area contributed by atoms with Crippen molar-refractivity contribution in [3.05, 3.63) is 46.9 Å². The van der Waals surface area contributed by atoms with Crippen LogP contribution in [-0.4, -0.2) is 33.7 Å². The fraction of sp³-hybridized carbons (Fsp3) is 0.500. The first-order chi connectivity index (χ1) is 15.0. The number of ether oxygens (including phenoxy) is 1. The molecular weight excluding hydrogens is 418 g/mol. The van der Waals surface area contributed by atoms with Crippen molar-refractivity contribution in [2.75, 3.05) is 22.8 Å². The molecule has 166 valence electrons. The van der Waals surface area contributed by atoms with Gasteiger partial charge in [-0.05, 0) is 73.6 Å². The van der Waals surface area contributed by atoms with Crippen molar-refractivity contribution in [1.29, 1.82) is 0 Å². The molecule has 9 heteroatoms. The molecule has 2 aliphatic carbocycles. The first-order valence-electron chi connectivity index (χ1n) is 10.9. The third-order valence-electron chi connectivity index (χ3n) is 6.48. The zero-order valence-electron chi connectivity index (χ0n) is 17.4. The average Bonchev–Trinajstić information content (AvgIpc) is 3.50. The van der Waals surface area contributed by atoms with Gasteiger partial charge in [-0.1, -0.05) is 6.07 Å². The number of hydrogen-bond donors (Lipinski definition) is 2. The average molecular weight is 446 g/mol. The molecule has 0 radical (unpaired) electrons. The Morgan fingerprint density at radius 3 is 2.32 bits per heavy atom. The van der Waals surface area contributed by atoms with Crippen LogP contribution in [-0.2, 0) is 40.6 Å². The molecule has 1 saturated heterocycles. The van der Waals surface area contributed by atoms with Crippen molar-refractivity contribution in [3.63, 3.8) is 0 Å². The Hall–Kier alpha value is -2.52. The number of fused-ring (bicyclic) bond motifs is 2. The van der Waals surface area contributed by atoms with Gasteiger partial charge in [0, 0.05) is 25.0 Å².